The molecule has 0 aliphatic rings. The zero-order valence-electron chi connectivity index (χ0n) is 13.5. The van der Waals surface area contributed by atoms with Crippen LogP contribution in [0.5, 0.6) is 0 Å². The van der Waals surface area contributed by atoms with Crippen LogP contribution < -0.4 is 0 Å². The molecule has 0 aliphatic heterocycles. The largest absolute Gasteiger partial charge is 0.481 e. The molecule has 1 N–H and O–H groups in total. The molecule has 1 rings (SSSR count). The third-order valence-electron chi connectivity index (χ3n) is 3.31. The van der Waals surface area contributed by atoms with Crippen LogP contribution in [-0.4, -0.2) is 28.9 Å². The fraction of sp³-hybridized carbons (Fsp3) is 0.263. The maximum Gasteiger partial charge on any atom is 0.304 e. The van der Waals surface area contributed by atoms with Crippen LogP contribution in [0.4, 0.5) is 0 Å². The molecule has 0 saturated heterocycles. The van der Waals surface area contributed by atoms with E-state index in [4.69, 9.17) is 5.11 Å². The van der Waals surface area contributed by atoms with Crippen molar-refractivity contribution in [3.8, 4) is 0 Å². The van der Waals surface area contributed by atoms with Gasteiger partial charge in [-0.2, -0.15) is 11.8 Å². The molecule has 0 saturated carbocycles. The van der Waals surface area contributed by atoms with Gasteiger partial charge in [0.05, 0.1) is 6.42 Å². The van der Waals surface area contributed by atoms with E-state index < -0.39 is 11.9 Å². The summed E-state index contributed by atoms with van der Waals surface area (Å²) in [5.74, 6) is -1.05. The standard InChI is InChI=1S/C19H22O3S/c1-4-6-14(7-5-2)15-8-10-16(11-9-15)19(22)17(13-23-3)12-18(20)21/h4-11,17H,1,12-13H2,2-3H3,(H,20,21)/b7-5-,14-6+. The SMILES string of the molecule is C=C/C=C(\C=C/C)c1ccc(C(=O)C(CSC)CC(=O)O)cc1. The monoisotopic (exact) mass is 330 g/mol. The molecule has 1 atom stereocenters. The Morgan fingerprint density at radius 3 is 2.35 bits per heavy atom. The molecule has 0 bridgehead atoms. The van der Waals surface area contributed by atoms with E-state index in [0.717, 1.165) is 11.1 Å². The van der Waals surface area contributed by atoms with Gasteiger partial charge in [0, 0.05) is 17.2 Å². The molecular formula is C19H22O3S. The van der Waals surface area contributed by atoms with Crippen molar-refractivity contribution >= 4 is 29.1 Å². The summed E-state index contributed by atoms with van der Waals surface area (Å²) in [6.07, 6.45) is 9.26. The quantitative estimate of drug-likeness (QED) is 0.536. The molecule has 0 heterocycles. The molecule has 4 heteroatoms. The number of Topliss-reactive ketones (excluding diaryl/α,β-unsaturated/α-hetero) is 1. The Morgan fingerprint density at radius 2 is 1.87 bits per heavy atom. The summed E-state index contributed by atoms with van der Waals surface area (Å²) in [5, 5.41) is 8.96. The minimum absolute atomic E-state index is 0.117. The molecule has 122 valence electrons. The molecular weight excluding hydrogens is 308 g/mol. The number of aliphatic carboxylic acids is 1. The third-order valence-corrected chi connectivity index (χ3v) is 4.04. The predicted molar refractivity (Wildman–Crippen MR) is 97.9 cm³/mol. The lowest BCUT2D eigenvalue weighted by atomic mass is 9.94. The Morgan fingerprint density at radius 1 is 1.26 bits per heavy atom. The highest BCUT2D eigenvalue weighted by molar-refractivity contribution is 7.98. The second-order valence-electron chi connectivity index (χ2n) is 5.05. The fourth-order valence-electron chi connectivity index (χ4n) is 2.26. The maximum atomic E-state index is 12.5. The molecule has 1 unspecified atom stereocenters. The second-order valence-corrected chi connectivity index (χ2v) is 5.96. The molecule has 1 aromatic carbocycles. The first kappa shape index (κ1) is 19.0. The molecule has 1 aromatic rings. The van der Waals surface area contributed by atoms with Crippen molar-refractivity contribution in [2.24, 2.45) is 5.92 Å². The van der Waals surface area contributed by atoms with E-state index >= 15 is 0 Å². The van der Waals surface area contributed by atoms with Crippen molar-refractivity contribution in [2.45, 2.75) is 13.3 Å². The van der Waals surface area contributed by atoms with Crippen LogP contribution in [0.25, 0.3) is 5.57 Å². The summed E-state index contributed by atoms with van der Waals surface area (Å²) < 4.78 is 0. The highest BCUT2D eigenvalue weighted by atomic mass is 32.2. The highest BCUT2D eigenvalue weighted by Gasteiger charge is 2.22. The van der Waals surface area contributed by atoms with Gasteiger partial charge in [0.25, 0.3) is 0 Å². The van der Waals surface area contributed by atoms with Crippen LogP contribution in [0.15, 0.2) is 55.1 Å². The van der Waals surface area contributed by atoms with Crippen molar-refractivity contribution in [2.75, 3.05) is 12.0 Å². The number of carbonyl (C=O) groups is 2. The van der Waals surface area contributed by atoms with Gasteiger partial charge in [-0.25, -0.2) is 0 Å². The Labute approximate surface area is 141 Å². The molecule has 0 aliphatic carbocycles. The third kappa shape index (κ3) is 5.91. The van der Waals surface area contributed by atoms with Crippen LogP contribution in [0.1, 0.15) is 29.3 Å². The van der Waals surface area contributed by atoms with Gasteiger partial charge in [-0.05, 0) is 24.3 Å². The first-order chi connectivity index (χ1) is 11.0. The van der Waals surface area contributed by atoms with Gasteiger partial charge in [0.1, 0.15) is 0 Å². The summed E-state index contributed by atoms with van der Waals surface area (Å²) in [6.45, 7) is 5.64. The van der Waals surface area contributed by atoms with Crippen LogP contribution in [-0.2, 0) is 4.79 Å². The van der Waals surface area contributed by atoms with E-state index in [1.54, 1.807) is 18.2 Å². The molecule has 0 aromatic heterocycles. The lowest BCUT2D eigenvalue weighted by Crippen LogP contribution is -2.20. The number of carboxylic acid groups (broad SMARTS) is 1. The van der Waals surface area contributed by atoms with Gasteiger partial charge in [0.15, 0.2) is 5.78 Å². The van der Waals surface area contributed by atoms with Crippen molar-refractivity contribution in [1.82, 2.24) is 0 Å². The summed E-state index contributed by atoms with van der Waals surface area (Å²) in [5.41, 5.74) is 2.54. The zero-order chi connectivity index (χ0) is 17.2. The Balaban J connectivity index is 3.01. The normalized spacial score (nSPS) is 13.0. The molecule has 23 heavy (non-hydrogen) atoms. The fourth-order valence-corrected chi connectivity index (χ4v) is 2.93. The van der Waals surface area contributed by atoms with Gasteiger partial charge in [-0.1, -0.05) is 55.1 Å². The van der Waals surface area contributed by atoms with Gasteiger partial charge >= 0.3 is 5.97 Å². The van der Waals surface area contributed by atoms with Crippen LogP contribution >= 0.6 is 11.8 Å². The first-order valence-corrected chi connectivity index (χ1v) is 8.73. The molecule has 0 radical (unpaired) electrons. The molecule has 0 amide bonds. The average Bonchev–Trinajstić information content (AvgIpc) is 2.53. The molecule has 0 spiro atoms. The summed E-state index contributed by atoms with van der Waals surface area (Å²) in [6, 6.07) is 7.26. The summed E-state index contributed by atoms with van der Waals surface area (Å²) in [4.78, 5) is 23.4. The van der Waals surface area contributed by atoms with E-state index in [1.165, 1.54) is 11.8 Å². The van der Waals surface area contributed by atoms with Gasteiger partial charge in [-0.15, -0.1) is 0 Å². The van der Waals surface area contributed by atoms with Gasteiger partial charge in [0.2, 0.25) is 0 Å². The minimum Gasteiger partial charge on any atom is -0.481 e. The lowest BCUT2D eigenvalue weighted by molar-refractivity contribution is -0.137. The lowest BCUT2D eigenvalue weighted by Gasteiger charge is -2.13. The summed E-state index contributed by atoms with van der Waals surface area (Å²) >= 11 is 1.48. The smallest absolute Gasteiger partial charge is 0.304 e. The number of hydrogen-bond donors (Lipinski definition) is 1. The van der Waals surface area contributed by atoms with Crippen molar-refractivity contribution in [3.63, 3.8) is 0 Å². The Hall–Kier alpha value is -2.07. The minimum atomic E-state index is -0.946. The van der Waals surface area contributed by atoms with Crippen LogP contribution in [0.2, 0.25) is 0 Å². The number of benzene rings is 1. The molecule has 3 nitrogen and oxygen atoms in total. The number of carbonyl (C=O) groups excluding carboxylic acids is 1. The van der Waals surface area contributed by atoms with Crippen LogP contribution in [0, 0.1) is 5.92 Å². The van der Waals surface area contributed by atoms with E-state index in [1.807, 2.05) is 43.5 Å². The van der Waals surface area contributed by atoms with Crippen LogP contribution in [0.3, 0.4) is 0 Å². The maximum absolute atomic E-state index is 12.5. The van der Waals surface area contributed by atoms with E-state index in [-0.39, 0.29) is 12.2 Å². The van der Waals surface area contributed by atoms with E-state index in [0.29, 0.717) is 11.3 Å². The Bertz CT molecular complexity index is 612. The molecule has 0 fully saturated rings. The number of rotatable bonds is 9. The van der Waals surface area contributed by atoms with Crippen molar-refractivity contribution in [3.05, 3.63) is 66.3 Å². The van der Waals surface area contributed by atoms with Crippen molar-refractivity contribution < 1.29 is 14.7 Å². The second kappa shape index (κ2) is 9.85. The zero-order valence-corrected chi connectivity index (χ0v) is 14.3. The number of ketones is 1. The number of hydrogen-bond acceptors (Lipinski definition) is 3. The topological polar surface area (TPSA) is 54.4 Å². The van der Waals surface area contributed by atoms with Gasteiger partial charge < -0.3 is 5.11 Å². The van der Waals surface area contributed by atoms with E-state index in [2.05, 4.69) is 6.58 Å². The number of thioether (sulfide) groups is 1. The number of carboxylic acids is 1. The summed E-state index contributed by atoms with van der Waals surface area (Å²) in [7, 11) is 0. The van der Waals surface area contributed by atoms with Crippen molar-refractivity contribution in [1.29, 1.82) is 0 Å². The average molecular weight is 330 g/mol. The van der Waals surface area contributed by atoms with Gasteiger partial charge in [-0.3, -0.25) is 9.59 Å². The first-order valence-electron chi connectivity index (χ1n) is 7.34. The Kier molecular flexibility index (Phi) is 8.13. The predicted octanol–water partition coefficient (Wildman–Crippen LogP) is 4.47. The number of allylic oxidation sites excluding steroid dienone is 5. The van der Waals surface area contributed by atoms with E-state index in [9.17, 15) is 9.59 Å². The highest BCUT2D eigenvalue weighted by Crippen LogP contribution is 2.21.